The fourth-order valence-electron chi connectivity index (χ4n) is 1.82. The SMILES string of the molecule is O=CNC(Cc1cc(Br)c2c(c1)OCCO2)C(=O)O. The maximum atomic E-state index is 11.0. The Morgan fingerprint density at radius 3 is 2.89 bits per heavy atom. The van der Waals surface area contributed by atoms with Gasteiger partial charge >= 0.3 is 5.97 Å². The van der Waals surface area contributed by atoms with Gasteiger partial charge in [-0.25, -0.2) is 4.79 Å². The Morgan fingerprint density at radius 2 is 2.21 bits per heavy atom. The molecule has 0 saturated heterocycles. The van der Waals surface area contributed by atoms with Gasteiger partial charge in [-0.2, -0.15) is 0 Å². The third kappa shape index (κ3) is 3.17. The van der Waals surface area contributed by atoms with Crippen LogP contribution in [0.3, 0.4) is 0 Å². The molecule has 1 heterocycles. The molecule has 0 spiro atoms. The summed E-state index contributed by atoms with van der Waals surface area (Å²) in [5.41, 5.74) is 0.734. The van der Waals surface area contributed by atoms with Gasteiger partial charge in [0.1, 0.15) is 19.3 Å². The predicted molar refractivity (Wildman–Crippen MR) is 69.5 cm³/mol. The molecule has 1 atom stereocenters. The first kappa shape index (κ1) is 13.7. The number of aliphatic carboxylic acids is 1. The van der Waals surface area contributed by atoms with Crippen molar-refractivity contribution in [2.45, 2.75) is 12.5 Å². The molecule has 0 aliphatic carbocycles. The minimum absolute atomic E-state index is 0.170. The molecule has 1 amide bonds. The molecule has 6 nitrogen and oxygen atoms in total. The van der Waals surface area contributed by atoms with Crippen molar-refractivity contribution in [3.05, 3.63) is 22.2 Å². The number of carbonyl (C=O) groups is 2. The molecule has 0 saturated carbocycles. The second-order valence-corrected chi connectivity index (χ2v) is 4.84. The van der Waals surface area contributed by atoms with E-state index in [1.54, 1.807) is 12.1 Å². The van der Waals surface area contributed by atoms with Crippen molar-refractivity contribution in [1.29, 1.82) is 0 Å². The maximum absolute atomic E-state index is 11.0. The van der Waals surface area contributed by atoms with Gasteiger partial charge in [0.2, 0.25) is 6.41 Å². The fourth-order valence-corrected chi connectivity index (χ4v) is 2.42. The van der Waals surface area contributed by atoms with Crippen molar-refractivity contribution in [2.24, 2.45) is 0 Å². The molecule has 0 aromatic heterocycles. The van der Waals surface area contributed by atoms with E-state index >= 15 is 0 Å². The highest BCUT2D eigenvalue weighted by molar-refractivity contribution is 9.10. The number of nitrogens with one attached hydrogen (secondary N) is 1. The van der Waals surface area contributed by atoms with Gasteiger partial charge in [-0.05, 0) is 33.6 Å². The second kappa shape index (κ2) is 5.92. The standard InChI is InChI=1S/C12H12BrNO5/c13-8-3-7(4-9(12(16)17)14-6-15)5-10-11(8)19-2-1-18-10/h3,5-6,9H,1-2,4H2,(H,14,15)(H,16,17). The van der Waals surface area contributed by atoms with Crippen molar-refractivity contribution < 1.29 is 24.2 Å². The Hall–Kier alpha value is -1.76. The van der Waals surface area contributed by atoms with Gasteiger partial charge in [0, 0.05) is 6.42 Å². The van der Waals surface area contributed by atoms with Crippen LogP contribution in [-0.2, 0) is 16.0 Å². The van der Waals surface area contributed by atoms with Crippen LogP contribution in [0.15, 0.2) is 16.6 Å². The number of fused-ring (bicyclic) bond motifs is 1. The summed E-state index contributed by atoms with van der Waals surface area (Å²) in [5, 5.41) is 11.2. The van der Waals surface area contributed by atoms with Crippen LogP contribution in [0.25, 0.3) is 0 Å². The van der Waals surface area contributed by atoms with Crippen LogP contribution in [0, 0.1) is 0 Å². The number of amides is 1. The minimum atomic E-state index is -1.09. The maximum Gasteiger partial charge on any atom is 0.326 e. The van der Waals surface area contributed by atoms with Crippen molar-refractivity contribution in [3.63, 3.8) is 0 Å². The quantitative estimate of drug-likeness (QED) is 0.786. The average Bonchev–Trinajstić information content (AvgIpc) is 2.38. The molecular formula is C12H12BrNO5. The van der Waals surface area contributed by atoms with Crippen LogP contribution in [0.1, 0.15) is 5.56 Å². The van der Waals surface area contributed by atoms with E-state index in [4.69, 9.17) is 14.6 Å². The Kier molecular flexibility index (Phi) is 4.26. The Labute approximate surface area is 117 Å². The number of hydrogen-bond acceptors (Lipinski definition) is 4. The number of halogens is 1. The van der Waals surface area contributed by atoms with E-state index in [0.29, 0.717) is 35.6 Å². The van der Waals surface area contributed by atoms with Crippen molar-refractivity contribution in [3.8, 4) is 11.5 Å². The van der Waals surface area contributed by atoms with Crippen molar-refractivity contribution in [1.82, 2.24) is 5.32 Å². The van der Waals surface area contributed by atoms with E-state index in [1.807, 2.05) is 0 Å². The molecule has 1 aromatic carbocycles. The van der Waals surface area contributed by atoms with Gasteiger partial charge in [-0.3, -0.25) is 4.79 Å². The molecule has 0 fully saturated rings. The summed E-state index contributed by atoms with van der Waals surface area (Å²) in [6, 6.07) is 2.52. The highest BCUT2D eigenvalue weighted by Gasteiger charge is 2.21. The normalized spacial score (nSPS) is 14.6. The first-order valence-electron chi connectivity index (χ1n) is 5.62. The zero-order valence-electron chi connectivity index (χ0n) is 9.89. The first-order chi connectivity index (χ1) is 9.11. The summed E-state index contributed by atoms with van der Waals surface area (Å²) in [7, 11) is 0. The summed E-state index contributed by atoms with van der Waals surface area (Å²) in [5.74, 6) is 0.106. The van der Waals surface area contributed by atoms with E-state index in [2.05, 4.69) is 21.2 Å². The summed E-state index contributed by atoms with van der Waals surface area (Å²) >= 11 is 3.36. The van der Waals surface area contributed by atoms with E-state index in [1.165, 1.54) is 0 Å². The van der Waals surface area contributed by atoms with Crippen LogP contribution in [0.2, 0.25) is 0 Å². The van der Waals surface area contributed by atoms with Gasteiger partial charge in [0.05, 0.1) is 4.47 Å². The monoisotopic (exact) mass is 329 g/mol. The molecule has 1 aliphatic heterocycles. The van der Waals surface area contributed by atoms with E-state index < -0.39 is 12.0 Å². The Bertz CT molecular complexity index is 505. The average molecular weight is 330 g/mol. The number of ether oxygens (including phenoxy) is 2. The summed E-state index contributed by atoms with van der Waals surface area (Å²) in [6.45, 7) is 0.938. The van der Waals surface area contributed by atoms with Crippen molar-refractivity contribution >= 4 is 28.3 Å². The summed E-state index contributed by atoms with van der Waals surface area (Å²) in [6.07, 6.45) is 0.551. The topological polar surface area (TPSA) is 84.9 Å². The third-order valence-corrected chi connectivity index (χ3v) is 3.25. The van der Waals surface area contributed by atoms with Gasteiger partial charge < -0.3 is 19.9 Å². The zero-order chi connectivity index (χ0) is 13.8. The zero-order valence-corrected chi connectivity index (χ0v) is 11.5. The third-order valence-electron chi connectivity index (χ3n) is 2.66. The molecule has 2 N–H and O–H groups in total. The number of carboxylic acid groups (broad SMARTS) is 1. The fraction of sp³-hybridized carbons (Fsp3) is 0.333. The lowest BCUT2D eigenvalue weighted by atomic mass is 10.1. The lowest BCUT2D eigenvalue weighted by molar-refractivity contribution is -0.140. The van der Waals surface area contributed by atoms with Gasteiger partial charge in [0.25, 0.3) is 0 Å². The van der Waals surface area contributed by atoms with Crippen LogP contribution in [0.5, 0.6) is 11.5 Å². The summed E-state index contributed by atoms with van der Waals surface area (Å²) in [4.78, 5) is 21.4. The molecular weight excluding hydrogens is 318 g/mol. The van der Waals surface area contributed by atoms with Gasteiger partial charge in [-0.15, -0.1) is 0 Å². The van der Waals surface area contributed by atoms with Gasteiger partial charge in [0.15, 0.2) is 11.5 Å². The van der Waals surface area contributed by atoms with Crippen molar-refractivity contribution in [2.75, 3.05) is 13.2 Å². The Balaban J connectivity index is 2.23. The van der Waals surface area contributed by atoms with Crippen LogP contribution in [0.4, 0.5) is 0 Å². The number of benzene rings is 1. The highest BCUT2D eigenvalue weighted by Crippen LogP contribution is 2.38. The second-order valence-electron chi connectivity index (χ2n) is 3.98. The molecule has 2 rings (SSSR count). The molecule has 102 valence electrons. The molecule has 0 radical (unpaired) electrons. The van der Waals surface area contributed by atoms with E-state index in [9.17, 15) is 9.59 Å². The molecule has 7 heteroatoms. The molecule has 19 heavy (non-hydrogen) atoms. The smallest absolute Gasteiger partial charge is 0.326 e. The van der Waals surface area contributed by atoms with Crippen LogP contribution < -0.4 is 14.8 Å². The van der Waals surface area contributed by atoms with E-state index in [-0.39, 0.29) is 6.42 Å². The number of rotatable bonds is 5. The first-order valence-corrected chi connectivity index (χ1v) is 6.41. The lowest BCUT2D eigenvalue weighted by Crippen LogP contribution is -2.37. The van der Waals surface area contributed by atoms with Crippen LogP contribution in [-0.4, -0.2) is 36.7 Å². The molecule has 1 aromatic rings. The highest BCUT2D eigenvalue weighted by atomic mass is 79.9. The largest absolute Gasteiger partial charge is 0.486 e. The molecule has 0 bridgehead atoms. The lowest BCUT2D eigenvalue weighted by Gasteiger charge is -2.21. The van der Waals surface area contributed by atoms with Gasteiger partial charge in [-0.1, -0.05) is 0 Å². The minimum Gasteiger partial charge on any atom is -0.486 e. The molecule has 1 unspecified atom stereocenters. The Morgan fingerprint density at radius 1 is 1.47 bits per heavy atom. The summed E-state index contributed by atoms with van der Waals surface area (Å²) < 4.78 is 11.6. The predicted octanol–water partition coefficient (Wildman–Crippen LogP) is 0.962. The number of carboxylic acids is 1. The molecule has 1 aliphatic rings. The number of carbonyl (C=O) groups excluding carboxylic acids is 1. The number of hydrogen-bond donors (Lipinski definition) is 2. The van der Waals surface area contributed by atoms with E-state index in [0.717, 1.165) is 5.56 Å². The van der Waals surface area contributed by atoms with Crippen LogP contribution >= 0.6 is 15.9 Å².